The van der Waals surface area contributed by atoms with E-state index < -0.39 is 56.9 Å². The number of nitrogens with one attached hydrogen (secondary N) is 1. The van der Waals surface area contributed by atoms with Gasteiger partial charge in [-0.05, 0) is 6.37 Å². The summed E-state index contributed by atoms with van der Waals surface area (Å²) in [5.74, 6) is -4.41. The SMILES string of the molecule is [2H]N1C([2H])([2H])C([2H])([2H])COP1(=O)N(C([2H])([2H])CCl)C([2H])([2H])C([2H])([2H])Cl. The van der Waals surface area contributed by atoms with Crippen LogP contribution in [0, 0.1) is 0 Å². The van der Waals surface area contributed by atoms with Gasteiger partial charge in [0.2, 0.25) is 0 Å². The minimum absolute atomic E-state index is 0.368. The van der Waals surface area contributed by atoms with E-state index in [1.165, 1.54) is 0 Å². The Morgan fingerprint density at radius 3 is 3.14 bits per heavy atom. The Bertz CT molecular complexity index is 571. The van der Waals surface area contributed by atoms with Crippen molar-refractivity contribution in [2.45, 2.75) is 6.37 Å². The van der Waals surface area contributed by atoms with Crippen LogP contribution in [0.15, 0.2) is 0 Å². The largest absolute Gasteiger partial charge is 0.343 e. The fourth-order valence-corrected chi connectivity index (χ4v) is 2.13. The third-order valence-corrected chi connectivity index (χ3v) is 2.94. The standard InChI is InChI=1S/C7H15Cl2N2O2P/c8-2-5-11(6-3-9)14(12)10-4-1-7-13-14/h1-7H2,(H,10,12)/i1D2,2D2,4D2,5D2,6D2/hD. The summed E-state index contributed by atoms with van der Waals surface area (Å²) >= 11 is 10.7. The quantitative estimate of drug-likeness (QED) is 0.613. The van der Waals surface area contributed by atoms with Crippen LogP contribution >= 0.6 is 30.9 Å². The lowest BCUT2D eigenvalue weighted by molar-refractivity contribution is 0.233. The van der Waals surface area contributed by atoms with E-state index in [0.29, 0.717) is 0 Å². The summed E-state index contributed by atoms with van der Waals surface area (Å²) in [7, 11) is -5.31. The van der Waals surface area contributed by atoms with Crippen molar-refractivity contribution in [1.29, 1.82) is 0 Å². The van der Waals surface area contributed by atoms with Crippen molar-refractivity contribution in [3.63, 3.8) is 0 Å². The number of alkyl halides is 2. The van der Waals surface area contributed by atoms with E-state index in [1.54, 1.807) is 0 Å². The first kappa shape index (κ1) is 4.17. The van der Waals surface area contributed by atoms with Crippen molar-refractivity contribution in [3.8, 4) is 0 Å². The molecule has 0 bridgehead atoms. The van der Waals surface area contributed by atoms with Crippen LogP contribution in [-0.2, 0) is 9.09 Å². The first-order valence-electron chi connectivity index (χ1n) is 8.84. The highest BCUT2D eigenvalue weighted by atomic mass is 35.5. The molecule has 84 valence electrons. The third-order valence-electron chi connectivity index (χ3n) is 1.17. The maximum atomic E-state index is 13.1. The van der Waals surface area contributed by atoms with Crippen molar-refractivity contribution >= 4 is 30.9 Å². The van der Waals surface area contributed by atoms with Gasteiger partial charge in [-0.1, -0.05) is 0 Å². The highest BCUT2D eigenvalue weighted by molar-refractivity contribution is 7.54. The fraction of sp³-hybridized carbons (Fsp3) is 1.00. The molecule has 1 atom stereocenters. The van der Waals surface area contributed by atoms with Gasteiger partial charge in [-0.3, -0.25) is 4.57 Å². The second-order valence-corrected chi connectivity index (χ2v) is 4.26. The smallest absolute Gasteiger partial charge is 0.306 e. The molecule has 0 saturated carbocycles. The molecule has 1 saturated heterocycles. The van der Waals surface area contributed by atoms with Crippen molar-refractivity contribution < 1.29 is 24.2 Å². The van der Waals surface area contributed by atoms with Crippen LogP contribution in [0.25, 0.3) is 0 Å². The van der Waals surface area contributed by atoms with Crippen LogP contribution in [0.2, 0.25) is 1.41 Å². The zero-order valence-electron chi connectivity index (χ0n) is 17.8. The maximum absolute atomic E-state index is 13.1. The summed E-state index contributed by atoms with van der Waals surface area (Å²) in [6.45, 7) is -11.2. The van der Waals surface area contributed by atoms with E-state index in [1.807, 2.05) is 0 Å². The van der Waals surface area contributed by atoms with Crippen LogP contribution < -0.4 is 5.08 Å². The van der Waals surface area contributed by atoms with Gasteiger partial charge in [-0.15, -0.1) is 23.2 Å². The Labute approximate surface area is 110 Å². The number of hydrogen-bond acceptors (Lipinski definition) is 2. The molecule has 0 radical (unpaired) electrons. The number of nitrogens with zero attached hydrogens (tertiary/aromatic N) is 1. The van der Waals surface area contributed by atoms with Gasteiger partial charge in [-0.2, -0.15) is 0 Å². The van der Waals surface area contributed by atoms with Gasteiger partial charge < -0.3 is 4.52 Å². The summed E-state index contributed by atoms with van der Waals surface area (Å²) in [6, 6.07) is 0. The molecular weight excluding hydrogens is 246 g/mol. The summed E-state index contributed by atoms with van der Waals surface area (Å²) in [4.78, 5) is 0. The van der Waals surface area contributed by atoms with Crippen molar-refractivity contribution in [3.05, 3.63) is 0 Å². The summed E-state index contributed by atoms with van der Waals surface area (Å²) in [5.41, 5.74) is 0. The summed E-state index contributed by atoms with van der Waals surface area (Å²) < 4.78 is 101. The predicted molar refractivity (Wildman–Crippen MR) is 59.2 cm³/mol. The van der Waals surface area contributed by atoms with E-state index in [4.69, 9.17) is 42.8 Å². The molecule has 1 aliphatic rings. The van der Waals surface area contributed by atoms with Crippen LogP contribution in [0.4, 0.5) is 0 Å². The van der Waals surface area contributed by atoms with Crippen LogP contribution in [0.3, 0.4) is 0 Å². The molecule has 0 spiro atoms. The molecule has 1 rings (SSSR count). The molecule has 1 N–H and O–H groups in total. The predicted octanol–water partition coefficient (Wildman–Crippen LogP) is 1.88. The van der Waals surface area contributed by atoms with Crippen LogP contribution in [-0.4, -0.2) is 42.5 Å². The van der Waals surface area contributed by atoms with Gasteiger partial charge in [0.05, 0.1) is 6.61 Å². The molecule has 14 heavy (non-hydrogen) atoms. The summed E-state index contributed by atoms with van der Waals surface area (Å²) in [5, 5.41) is -0.533. The molecule has 1 fully saturated rings. The normalized spacial score (nSPS) is 51.5. The lowest BCUT2D eigenvalue weighted by atomic mass is 10.5. The molecule has 4 nitrogen and oxygen atoms in total. The molecule has 0 aromatic carbocycles. The fourth-order valence-electron chi connectivity index (χ4n) is 0.667. The van der Waals surface area contributed by atoms with E-state index in [2.05, 4.69) is 0 Å². The van der Waals surface area contributed by atoms with Gasteiger partial charge in [0.15, 0.2) is 0 Å². The number of hydrogen-bond donors (Lipinski definition) is 1. The Kier molecular flexibility index (Phi) is 1.88. The first-order chi connectivity index (χ1) is 10.8. The molecule has 0 aromatic heterocycles. The highest BCUT2D eigenvalue weighted by Gasteiger charge is 2.32. The molecule has 1 heterocycles. The monoisotopic (exact) mass is 271 g/mol. The van der Waals surface area contributed by atoms with Gasteiger partial charge in [-0.25, -0.2) is 9.75 Å². The zero-order valence-corrected chi connectivity index (χ0v) is 9.23. The Morgan fingerprint density at radius 2 is 2.50 bits per heavy atom. The van der Waals surface area contributed by atoms with Crippen molar-refractivity contribution in [1.82, 2.24) is 9.75 Å². The Balaban J connectivity index is 3.65. The zero-order chi connectivity index (χ0) is 20.3. The molecule has 1 unspecified atom stereocenters. The van der Waals surface area contributed by atoms with Crippen molar-refractivity contribution in [2.75, 3.05) is 37.8 Å². The average molecular weight is 272 g/mol. The minimum Gasteiger partial charge on any atom is -0.306 e. The third kappa shape index (κ3) is 3.37. The van der Waals surface area contributed by atoms with Gasteiger partial charge >= 0.3 is 7.67 Å². The van der Waals surface area contributed by atoms with Crippen LogP contribution in [0.1, 0.15) is 20.1 Å². The Morgan fingerprint density at radius 1 is 1.71 bits per heavy atom. The molecule has 1 aliphatic heterocycles. The maximum Gasteiger partial charge on any atom is 0.343 e. The highest BCUT2D eigenvalue weighted by Crippen LogP contribution is 2.47. The van der Waals surface area contributed by atoms with E-state index in [9.17, 15) is 4.57 Å². The topological polar surface area (TPSA) is 41.6 Å². The second-order valence-electron chi connectivity index (χ2n) is 1.96. The average Bonchev–Trinajstić information content (AvgIpc) is 2.41. The molecule has 0 amide bonds. The van der Waals surface area contributed by atoms with E-state index in [-0.39, 0.29) is 4.67 Å². The van der Waals surface area contributed by atoms with Crippen LogP contribution in [0.5, 0.6) is 0 Å². The minimum atomic E-state index is -5.31. The van der Waals surface area contributed by atoms with E-state index in [0.717, 1.165) is 0 Å². The number of rotatable bonds is 5. The van der Waals surface area contributed by atoms with Gasteiger partial charge in [0, 0.05) is 44.9 Å². The second kappa shape index (κ2) is 6.31. The first-order valence-corrected chi connectivity index (χ1v) is 5.83. The number of halogens is 2. The molecule has 7 heteroatoms. The summed E-state index contributed by atoms with van der Waals surface area (Å²) in [6.07, 6.45) is -2.84. The van der Waals surface area contributed by atoms with Gasteiger partial charge in [0.1, 0.15) is 1.41 Å². The molecule has 0 aliphatic carbocycles. The molecule has 0 aromatic rings. The van der Waals surface area contributed by atoms with E-state index >= 15 is 0 Å². The van der Waals surface area contributed by atoms with Crippen molar-refractivity contribution in [2.24, 2.45) is 0 Å². The lowest BCUT2D eigenvalue weighted by Crippen LogP contribution is -2.35. The Hall–Kier alpha value is 0.690. The molecular formula is C7H15Cl2N2O2P. The lowest BCUT2D eigenvalue weighted by Gasteiger charge is -2.33. The van der Waals surface area contributed by atoms with Gasteiger partial charge in [0.25, 0.3) is 0 Å².